The summed E-state index contributed by atoms with van der Waals surface area (Å²) in [6, 6.07) is 7.23. The van der Waals surface area contributed by atoms with Crippen LogP contribution in [0.2, 0.25) is 0 Å². The number of esters is 1. The third-order valence-corrected chi connectivity index (χ3v) is 5.16. The van der Waals surface area contributed by atoms with Gasteiger partial charge in [0.15, 0.2) is 5.78 Å². The van der Waals surface area contributed by atoms with Crippen LogP contribution in [-0.4, -0.2) is 30.3 Å². The molecule has 0 spiro atoms. The summed E-state index contributed by atoms with van der Waals surface area (Å²) in [5, 5.41) is 2.80. The van der Waals surface area contributed by atoms with Crippen LogP contribution in [0.4, 0.5) is 0 Å². The van der Waals surface area contributed by atoms with E-state index in [-0.39, 0.29) is 30.3 Å². The van der Waals surface area contributed by atoms with Gasteiger partial charge in [-0.15, -0.1) is 0 Å². The van der Waals surface area contributed by atoms with Crippen LogP contribution >= 0.6 is 0 Å². The fourth-order valence-corrected chi connectivity index (χ4v) is 3.51. The van der Waals surface area contributed by atoms with Gasteiger partial charge in [0.25, 0.3) is 0 Å². The predicted octanol–water partition coefficient (Wildman–Crippen LogP) is 5.40. The van der Waals surface area contributed by atoms with Crippen LogP contribution in [-0.2, 0) is 20.7 Å². The lowest BCUT2D eigenvalue weighted by Gasteiger charge is -2.17. The van der Waals surface area contributed by atoms with Crippen LogP contribution in [0, 0.1) is 0 Å². The lowest BCUT2D eigenvalue weighted by molar-refractivity contribution is -0.142. The molecule has 0 aliphatic carbocycles. The Kier molecular flexibility index (Phi) is 13.5. The number of amides is 1. The van der Waals surface area contributed by atoms with Gasteiger partial charge in [0, 0.05) is 25.8 Å². The first-order valence-electron chi connectivity index (χ1n) is 11.4. The molecule has 5 heteroatoms. The summed E-state index contributed by atoms with van der Waals surface area (Å²) >= 11 is 0. The molecule has 0 aliphatic rings. The number of ketones is 1. The standard InChI is InChI=1S/C25H39NO4/c1-4-5-6-7-8-9-10-11-12-13-25(29)23-16-14-22(15-17-23)18-24(26-20(2)27)19-30-21(3)28/h14-17,24H,4-13,18-19H2,1-3H3,(H,26,27)/t24-/m0/s1. The van der Waals surface area contributed by atoms with Gasteiger partial charge in [-0.05, 0) is 18.4 Å². The molecule has 0 heterocycles. The van der Waals surface area contributed by atoms with Crippen molar-refractivity contribution in [2.75, 3.05) is 6.61 Å². The third kappa shape index (κ3) is 12.4. The van der Waals surface area contributed by atoms with E-state index in [4.69, 9.17) is 4.74 Å². The maximum atomic E-state index is 12.4. The number of ether oxygens (including phenoxy) is 1. The van der Waals surface area contributed by atoms with Crippen LogP contribution in [0.25, 0.3) is 0 Å². The Morgan fingerprint density at radius 1 is 0.867 bits per heavy atom. The normalized spacial score (nSPS) is 11.7. The molecule has 168 valence electrons. The van der Waals surface area contributed by atoms with E-state index in [9.17, 15) is 14.4 Å². The number of hydrogen-bond donors (Lipinski definition) is 1. The zero-order chi connectivity index (χ0) is 22.2. The van der Waals surface area contributed by atoms with Gasteiger partial charge in [-0.3, -0.25) is 14.4 Å². The summed E-state index contributed by atoms with van der Waals surface area (Å²) in [4.78, 5) is 34.8. The van der Waals surface area contributed by atoms with Gasteiger partial charge in [-0.2, -0.15) is 0 Å². The molecule has 1 aromatic carbocycles. The number of rotatable bonds is 16. The number of hydrogen-bond acceptors (Lipinski definition) is 4. The maximum absolute atomic E-state index is 12.4. The van der Waals surface area contributed by atoms with E-state index in [1.54, 1.807) is 0 Å². The topological polar surface area (TPSA) is 72.5 Å². The molecule has 0 aromatic heterocycles. The molecule has 0 aliphatic heterocycles. The minimum Gasteiger partial charge on any atom is -0.464 e. The minimum absolute atomic E-state index is 0.133. The first-order chi connectivity index (χ1) is 14.4. The molecule has 0 saturated heterocycles. The van der Waals surface area contributed by atoms with Crippen LogP contribution in [0.15, 0.2) is 24.3 Å². The van der Waals surface area contributed by atoms with E-state index in [0.29, 0.717) is 12.8 Å². The monoisotopic (exact) mass is 417 g/mol. The van der Waals surface area contributed by atoms with Crippen LogP contribution in [0.1, 0.15) is 101 Å². The van der Waals surface area contributed by atoms with Gasteiger partial charge in [0.1, 0.15) is 6.61 Å². The molecule has 1 aromatic rings. The quantitative estimate of drug-likeness (QED) is 0.222. The molecule has 1 N–H and O–H groups in total. The Bertz CT molecular complexity index is 639. The molecule has 0 radical (unpaired) electrons. The van der Waals surface area contributed by atoms with Crippen molar-refractivity contribution in [2.24, 2.45) is 0 Å². The van der Waals surface area contributed by atoms with Crippen molar-refractivity contribution in [1.82, 2.24) is 5.32 Å². The first-order valence-corrected chi connectivity index (χ1v) is 11.4. The molecule has 0 unspecified atom stereocenters. The Morgan fingerprint density at radius 3 is 1.97 bits per heavy atom. The van der Waals surface area contributed by atoms with Crippen molar-refractivity contribution >= 4 is 17.7 Å². The molecule has 1 amide bonds. The van der Waals surface area contributed by atoms with Crippen molar-refractivity contribution in [1.29, 1.82) is 0 Å². The minimum atomic E-state index is -0.372. The van der Waals surface area contributed by atoms with E-state index >= 15 is 0 Å². The second-order valence-corrected chi connectivity index (χ2v) is 8.10. The highest BCUT2D eigenvalue weighted by molar-refractivity contribution is 5.96. The number of carbonyl (C=O) groups is 3. The molecule has 30 heavy (non-hydrogen) atoms. The lowest BCUT2D eigenvalue weighted by atomic mass is 10.00. The van der Waals surface area contributed by atoms with Crippen molar-refractivity contribution < 1.29 is 19.1 Å². The van der Waals surface area contributed by atoms with Crippen molar-refractivity contribution in [2.45, 2.75) is 97.4 Å². The largest absolute Gasteiger partial charge is 0.464 e. The highest BCUT2D eigenvalue weighted by atomic mass is 16.5. The smallest absolute Gasteiger partial charge is 0.302 e. The van der Waals surface area contributed by atoms with Crippen LogP contribution in [0.5, 0.6) is 0 Å². The van der Waals surface area contributed by atoms with E-state index < -0.39 is 0 Å². The second-order valence-electron chi connectivity index (χ2n) is 8.10. The fraction of sp³-hybridized carbons (Fsp3) is 0.640. The van der Waals surface area contributed by atoms with Crippen molar-refractivity contribution in [3.63, 3.8) is 0 Å². The number of Topliss-reactive ketones (excluding diaryl/α,β-unsaturated/α-hetero) is 1. The number of unbranched alkanes of at least 4 members (excludes halogenated alkanes) is 8. The summed E-state index contributed by atoms with van der Waals surface area (Å²) < 4.78 is 5.03. The summed E-state index contributed by atoms with van der Waals surface area (Å²) in [5.74, 6) is -0.356. The maximum Gasteiger partial charge on any atom is 0.302 e. The Morgan fingerprint density at radius 2 is 1.43 bits per heavy atom. The van der Waals surface area contributed by atoms with E-state index in [0.717, 1.165) is 24.0 Å². The average Bonchev–Trinajstić information content (AvgIpc) is 2.70. The molecular weight excluding hydrogens is 378 g/mol. The summed E-state index contributed by atoms with van der Waals surface area (Å²) in [7, 11) is 0. The molecule has 5 nitrogen and oxygen atoms in total. The highest BCUT2D eigenvalue weighted by Crippen LogP contribution is 2.14. The number of carbonyl (C=O) groups excluding carboxylic acids is 3. The molecule has 0 fully saturated rings. The summed E-state index contributed by atoms with van der Waals surface area (Å²) in [5.41, 5.74) is 1.72. The zero-order valence-corrected chi connectivity index (χ0v) is 19.0. The van der Waals surface area contributed by atoms with Crippen molar-refractivity contribution in [3.8, 4) is 0 Å². The Balaban J connectivity index is 2.35. The number of benzene rings is 1. The van der Waals surface area contributed by atoms with Crippen molar-refractivity contribution in [3.05, 3.63) is 35.4 Å². The van der Waals surface area contributed by atoms with Crippen LogP contribution in [0.3, 0.4) is 0 Å². The first kappa shape index (κ1) is 25.9. The third-order valence-electron chi connectivity index (χ3n) is 5.16. The summed E-state index contributed by atoms with van der Waals surface area (Å²) in [6.07, 6.45) is 12.3. The summed E-state index contributed by atoms with van der Waals surface area (Å²) in [6.45, 7) is 5.15. The van der Waals surface area contributed by atoms with E-state index in [2.05, 4.69) is 12.2 Å². The number of nitrogens with one attached hydrogen (secondary N) is 1. The molecular formula is C25H39NO4. The lowest BCUT2D eigenvalue weighted by Crippen LogP contribution is -2.39. The second kappa shape index (κ2) is 15.6. The predicted molar refractivity (Wildman–Crippen MR) is 121 cm³/mol. The van der Waals surface area contributed by atoms with Gasteiger partial charge in [0.2, 0.25) is 5.91 Å². The molecule has 0 bridgehead atoms. The Labute approximate surface area is 182 Å². The fourth-order valence-electron chi connectivity index (χ4n) is 3.51. The SMILES string of the molecule is CCCCCCCCCCCC(=O)c1ccc(C[C@@H](COC(C)=O)NC(C)=O)cc1. The molecule has 0 saturated carbocycles. The van der Waals surface area contributed by atoms with Crippen LogP contribution < -0.4 is 5.32 Å². The highest BCUT2D eigenvalue weighted by Gasteiger charge is 2.13. The molecule has 1 rings (SSSR count). The molecule has 1 atom stereocenters. The van der Waals surface area contributed by atoms with Gasteiger partial charge < -0.3 is 10.1 Å². The van der Waals surface area contributed by atoms with Gasteiger partial charge in [-0.1, -0.05) is 82.6 Å². The van der Waals surface area contributed by atoms with Gasteiger partial charge in [0.05, 0.1) is 6.04 Å². The van der Waals surface area contributed by atoms with Gasteiger partial charge >= 0.3 is 5.97 Å². The zero-order valence-electron chi connectivity index (χ0n) is 19.0. The average molecular weight is 418 g/mol. The Hall–Kier alpha value is -2.17. The van der Waals surface area contributed by atoms with E-state index in [1.807, 2.05) is 24.3 Å². The van der Waals surface area contributed by atoms with E-state index in [1.165, 1.54) is 58.8 Å². The van der Waals surface area contributed by atoms with Gasteiger partial charge in [-0.25, -0.2) is 0 Å².